The smallest absolute Gasteiger partial charge is 0.227 e. The van der Waals surface area contributed by atoms with Crippen LogP contribution >= 0.6 is 12.4 Å². The number of halogens is 1. The Balaban J connectivity index is 0.00000242. The van der Waals surface area contributed by atoms with Crippen molar-refractivity contribution < 1.29 is 14.3 Å². The molecule has 1 aliphatic rings. The summed E-state index contributed by atoms with van der Waals surface area (Å²) in [7, 11) is 1.64. The molecule has 0 spiro atoms. The van der Waals surface area contributed by atoms with E-state index in [4.69, 9.17) is 15.2 Å². The average Bonchev–Trinajstić information content (AvgIpc) is 2.54. The molecule has 0 bridgehead atoms. The van der Waals surface area contributed by atoms with Crippen LogP contribution in [0.25, 0.3) is 0 Å². The zero-order chi connectivity index (χ0) is 15.2. The Hall–Kier alpha value is -1.14. The number of nitrogens with zero attached hydrogens (tertiary/aromatic N) is 1. The first-order valence-corrected chi connectivity index (χ1v) is 7.33. The highest BCUT2D eigenvalue weighted by Crippen LogP contribution is 2.22. The summed E-state index contributed by atoms with van der Waals surface area (Å²) in [6.07, 6.45) is -0.0483. The maximum absolute atomic E-state index is 12.6. The standard InChI is InChI=1S/C16H24N2O3.ClH/c1-12(15(17)13-6-4-3-5-7-13)16(19)18-8-9-21-14(10-18)11-20-2;/h3-7,12,14-15H,8-11,17H2,1-2H3;1H. The second kappa shape index (κ2) is 9.10. The fourth-order valence-corrected chi connectivity index (χ4v) is 2.61. The fourth-order valence-electron chi connectivity index (χ4n) is 2.61. The van der Waals surface area contributed by atoms with Crippen molar-refractivity contribution in [3.05, 3.63) is 35.9 Å². The molecular formula is C16H25ClN2O3. The van der Waals surface area contributed by atoms with Crippen molar-refractivity contribution in [3.8, 4) is 0 Å². The molecule has 0 aromatic heterocycles. The normalized spacial score (nSPS) is 20.9. The van der Waals surface area contributed by atoms with E-state index in [1.165, 1.54) is 0 Å². The molecule has 0 radical (unpaired) electrons. The quantitative estimate of drug-likeness (QED) is 0.892. The summed E-state index contributed by atoms with van der Waals surface area (Å²) in [4.78, 5) is 14.4. The third-order valence-corrected chi connectivity index (χ3v) is 3.92. The second-order valence-corrected chi connectivity index (χ2v) is 5.46. The summed E-state index contributed by atoms with van der Waals surface area (Å²) in [6.45, 7) is 4.13. The predicted octanol–water partition coefficient (Wildman–Crippen LogP) is 1.62. The number of rotatable bonds is 5. The largest absolute Gasteiger partial charge is 0.382 e. The van der Waals surface area contributed by atoms with E-state index in [1.54, 1.807) is 7.11 Å². The first-order chi connectivity index (χ1) is 10.1. The van der Waals surface area contributed by atoms with Crippen LogP contribution in [0.3, 0.4) is 0 Å². The molecule has 1 aromatic rings. The molecule has 3 atom stereocenters. The second-order valence-electron chi connectivity index (χ2n) is 5.46. The number of nitrogens with two attached hydrogens (primary N) is 1. The van der Waals surface area contributed by atoms with Crippen LogP contribution in [0.5, 0.6) is 0 Å². The third-order valence-electron chi connectivity index (χ3n) is 3.92. The van der Waals surface area contributed by atoms with Crippen molar-refractivity contribution in [1.29, 1.82) is 0 Å². The number of ether oxygens (including phenoxy) is 2. The summed E-state index contributed by atoms with van der Waals surface area (Å²) >= 11 is 0. The van der Waals surface area contributed by atoms with Gasteiger partial charge in [-0.3, -0.25) is 4.79 Å². The van der Waals surface area contributed by atoms with Crippen LogP contribution in [0, 0.1) is 5.92 Å². The van der Waals surface area contributed by atoms with E-state index in [-0.39, 0.29) is 36.4 Å². The van der Waals surface area contributed by atoms with Gasteiger partial charge < -0.3 is 20.1 Å². The maximum Gasteiger partial charge on any atom is 0.227 e. The first kappa shape index (κ1) is 18.9. The predicted molar refractivity (Wildman–Crippen MR) is 88.0 cm³/mol. The van der Waals surface area contributed by atoms with Gasteiger partial charge in [0.05, 0.1) is 25.2 Å². The first-order valence-electron chi connectivity index (χ1n) is 7.33. The molecular weight excluding hydrogens is 304 g/mol. The Morgan fingerprint density at radius 2 is 2.14 bits per heavy atom. The summed E-state index contributed by atoms with van der Waals surface area (Å²) in [5, 5.41) is 0. The van der Waals surface area contributed by atoms with Gasteiger partial charge in [0.15, 0.2) is 0 Å². The monoisotopic (exact) mass is 328 g/mol. The van der Waals surface area contributed by atoms with Crippen LogP contribution in [0.1, 0.15) is 18.5 Å². The van der Waals surface area contributed by atoms with E-state index in [1.807, 2.05) is 42.2 Å². The zero-order valence-corrected chi connectivity index (χ0v) is 13.9. The number of carbonyl (C=O) groups excluding carboxylic acids is 1. The number of benzene rings is 1. The van der Waals surface area contributed by atoms with E-state index in [0.717, 1.165) is 5.56 Å². The molecule has 1 amide bonds. The Morgan fingerprint density at radius 1 is 1.45 bits per heavy atom. The number of methoxy groups -OCH3 is 1. The van der Waals surface area contributed by atoms with Crippen molar-refractivity contribution in [1.82, 2.24) is 4.90 Å². The van der Waals surface area contributed by atoms with Gasteiger partial charge in [-0.15, -0.1) is 12.4 Å². The summed E-state index contributed by atoms with van der Waals surface area (Å²) in [5.74, 6) is -0.176. The minimum Gasteiger partial charge on any atom is -0.382 e. The third kappa shape index (κ3) is 4.68. The van der Waals surface area contributed by atoms with Gasteiger partial charge in [0.2, 0.25) is 5.91 Å². The summed E-state index contributed by atoms with van der Waals surface area (Å²) in [6, 6.07) is 9.46. The Bertz CT molecular complexity index is 456. The van der Waals surface area contributed by atoms with Crippen molar-refractivity contribution in [2.24, 2.45) is 11.7 Å². The van der Waals surface area contributed by atoms with Gasteiger partial charge in [0, 0.05) is 26.2 Å². The van der Waals surface area contributed by atoms with E-state index in [9.17, 15) is 4.79 Å². The van der Waals surface area contributed by atoms with Crippen LogP contribution < -0.4 is 5.73 Å². The highest BCUT2D eigenvalue weighted by Gasteiger charge is 2.30. The average molecular weight is 329 g/mol. The molecule has 2 rings (SSSR count). The molecule has 1 fully saturated rings. The van der Waals surface area contributed by atoms with Crippen molar-refractivity contribution in [2.75, 3.05) is 33.4 Å². The lowest BCUT2D eigenvalue weighted by molar-refractivity contribution is -0.145. The molecule has 0 saturated carbocycles. The van der Waals surface area contributed by atoms with Crippen LogP contribution in [0.15, 0.2) is 30.3 Å². The minimum atomic E-state index is -0.289. The topological polar surface area (TPSA) is 64.8 Å². The SMILES string of the molecule is COCC1CN(C(=O)C(C)C(N)c2ccccc2)CCO1.Cl. The molecule has 1 saturated heterocycles. The summed E-state index contributed by atoms with van der Waals surface area (Å²) < 4.78 is 10.7. The van der Waals surface area contributed by atoms with Crippen LogP contribution in [0.2, 0.25) is 0 Å². The van der Waals surface area contributed by atoms with Crippen molar-refractivity contribution >= 4 is 18.3 Å². The van der Waals surface area contributed by atoms with Gasteiger partial charge in [-0.1, -0.05) is 37.3 Å². The van der Waals surface area contributed by atoms with Crippen molar-refractivity contribution in [3.63, 3.8) is 0 Å². The van der Waals surface area contributed by atoms with Crippen molar-refractivity contribution in [2.45, 2.75) is 19.1 Å². The van der Waals surface area contributed by atoms with Gasteiger partial charge in [0.1, 0.15) is 0 Å². The molecule has 0 aliphatic carbocycles. The van der Waals surface area contributed by atoms with Crippen LogP contribution in [-0.2, 0) is 14.3 Å². The molecule has 5 nitrogen and oxygen atoms in total. The Labute approximate surface area is 138 Å². The molecule has 6 heteroatoms. The Morgan fingerprint density at radius 3 is 2.77 bits per heavy atom. The highest BCUT2D eigenvalue weighted by molar-refractivity contribution is 5.85. The Kier molecular flexibility index (Phi) is 7.82. The zero-order valence-electron chi connectivity index (χ0n) is 13.1. The fraction of sp³-hybridized carbons (Fsp3) is 0.562. The van der Waals surface area contributed by atoms with Crippen LogP contribution in [0.4, 0.5) is 0 Å². The maximum atomic E-state index is 12.6. The lowest BCUT2D eigenvalue weighted by Crippen LogP contribution is -2.50. The molecule has 22 heavy (non-hydrogen) atoms. The number of amides is 1. The number of carbonyl (C=O) groups is 1. The minimum absolute atomic E-state index is 0. The van der Waals surface area contributed by atoms with E-state index in [2.05, 4.69) is 0 Å². The molecule has 1 aliphatic heterocycles. The van der Waals surface area contributed by atoms with Gasteiger partial charge in [-0.05, 0) is 5.56 Å². The molecule has 124 valence electrons. The van der Waals surface area contributed by atoms with Gasteiger partial charge >= 0.3 is 0 Å². The lowest BCUT2D eigenvalue weighted by Gasteiger charge is -2.35. The van der Waals surface area contributed by atoms with Gasteiger partial charge in [-0.25, -0.2) is 0 Å². The molecule has 3 unspecified atom stereocenters. The molecule has 2 N–H and O–H groups in total. The van der Waals surface area contributed by atoms with Crippen LogP contribution in [-0.4, -0.2) is 50.3 Å². The van der Waals surface area contributed by atoms with Gasteiger partial charge in [0.25, 0.3) is 0 Å². The summed E-state index contributed by atoms with van der Waals surface area (Å²) in [5.41, 5.74) is 7.22. The van der Waals surface area contributed by atoms with Gasteiger partial charge in [-0.2, -0.15) is 0 Å². The van der Waals surface area contributed by atoms with E-state index < -0.39 is 0 Å². The highest BCUT2D eigenvalue weighted by atomic mass is 35.5. The number of morpholine rings is 1. The molecule has 1 aromatic carbocycles. The van der Waals surface area contributed by atoms with E-state index >= 15 is 0 Å². The van der Waals surface area contributed by atoms with E-state index in [0.29, 0.717) is 26.3 Å². The lowest BCUT2D eigenvalue weighted by atomic mass is 9.94. The number of hydrogen-bond acceptors (Lipinski definition) is 4. The number of hydrogen-bond donors (Lipinski definition) is 1. The molecule has 1 heterocycles.